The zero-order valence-corrected chi connectivity index (χ0v) is 15.0. The van der Waals surface area contributed by atoms with Crippen LogP contribution >= 0.6 is 12.4 Å². The van der Waals surface area contributed by atoms with Crippen molar-refractivity contribution in [2.75, 3.05) is 18.5 Å². The fraction of sp³-hybridized carbons (Fsp3) is 0.556. The lowest BCUT2D eigenvalue weighted by Crippen LogP contribution is -2.38. The van der Waals surface area contributed by atoms with Gasteiger partial charge in [0.05, 0.1) is 0 Å². The molecule has 2 fully saturated rings. The zero-order valence-electron chi connectivity index (χ0n) is 14.2. The molecule has 2 amide bonds. The maximum Gasteiger partial charge on any atom is 0.251 e. The van der Waals surface area contributed by atoms with Crippen molar-refractivity contribution in [1.82, 2.24) is 5.32 Å². The minimum absolute atomic E-state index is 0. The van der Waals surface area contributed by atoms with Crippen LogP contribution in [0.2, 0.25) is 0 Å². The van der Waals surface area contributed by atoms with Gasteiger partial charge in [-0.2, -0.15) is 0 Å². The minimum Gasteiger partial charge on any atom is -0.381 e. The molecular formula is C18H26ClN3O3. The molecule has 4 N–H and O–H groups in total. The summed E-state index contributed by atoms with van der Waals surface area (Å²) in [4.78, 5) is 24.4. The summed E-state index contributed by atoms with van der Waals surface area (Å²) in [6.07, 6.45) is 4.20. The molecule has 1 saturated carbocycles. The van der Waals surface area contributed by atoms with Crippen LogP contribution < -0.4 is 16.4 Å². The highest BCUT2D eigenvalue weighted by Gasteiger charge is 2.27. The molecule has 0 bridgehead atoms. The number of rotatable bonds is 4. The van der Waals surface area contributed by atoms with E-state index in [9.17, 15) is 9.59 Å². The Morgan fingerprint density at radius 2 is 1.72 bits per heavy atom. The zero-order chi connectivity index (χ0) is 16.9. The monoisotopic (exact) mass is 367 g/mol. The van der Waals surface area contributed by atoms with Crippen molar-refractivity contribution in [2.24, 2.45) is 11.7 Å². The number of anilines is 1. The van der Waals surface area contributed by atoms with Crippen molar-refractivity contribution in [3.05, 3.63) is 29.8 Å². The Hall–Kier alpha value is -1.63. The molecule has 0 radical (unpaired) electrons. The molecule has 138 valence electrons. The Bertz CT molecular complexity index is 588. The molecule has 1 saturated heterocycles. The molecule has 0 aromatic heterocycles. The fourth-order valence-electron chi connectivity index (χ4n) is 3.31. The average Bonchev–Trinajstić information content (AvgIpc) is 3.03. The van der Waals surface area contributed by atoms with Crippen LogP contribution in [0.4, 0.5) is 5.69 Å². The molecule has 1 heterocycles. The molecule has 7 heteroatoms. The second kappa shape index (κ2) is 9.17. The van der Waals surface area contributed by atoms with E-state index in [4.69, 9.17) is 10.5 Å². The van der Waals surface area contributed by atoms with E-state index in [1.807, 2.05) is 0 Å². The standard InChI is InChI=1S/C18H25N3O3.ClH/c19-14-4-1-13(11-14)18(23)20-15-5-2-12(3-6-15)17(22)21-16-7-9-24-10-8-16;/h2-3,5-6,13-14,16H,1,4,7-11,19H2,(H,20,23)(H,21,22);1H. The summed E-state index contributed by atoms with van der Waals surface area (Å²) in [6.45, 7) is 1.39. The van der Waals surface area contributed by atoms with E-state index in [1.165, 1.54) is 0 Å². The van der Waals surface area contributed by atoms with Gasteiger partial charge in [0.25, 0.3) is 5.91 Å². The second-order valence-corrected chi connectivity index (χ2v) is 6.70. The Kier molecular flexibility index (Phi) is 7.23. The predicted molar refractivity (Wildman–Crippen MR) is 98.9 cm³/mol. The van der Waals surface area contributed by atoms with Gasteiger partial charge in [-0.3, -0.25) is 9.59 Å². The van der Waals surface area contributed by atoms with Crippen molar-refractivity contribution in [2.45, 2.75) is 44.2 Å². The average molecular weight is 368 g/mol. The van der Waals surface area contributed by atoms with E-state index >= 15 is 0 Å². The Morgan fingerprint density at radius 3 is 2.32 bits per heavy atom. The van der Waals surface area contributed by atoms with E-state index in [1.54, 1.807) is 24.3 Å². The molecular weight excluding hydrogens is 342 g/mol. The van der Waals surface area contributed by atoms with Crippen molar-refractivity contribution in [3.8, 4) is 0 Å². The van der Waals surface area contributed by atoms with Crippen molar-refractivity contribution in [1.29, 1.82) is 0 Å². The molecule has 1 aromatic rings. The molecule has 6 nitrogen and oxygen atoms in total. The lowest BCUT2D eigenvalue weighted by atomic mass is 10.1. The van der Waals surface area contributed by atoms with Gasteiger partial charge in [-0.1, -0.05) is 0 Å². The minimum atomic E-state index is -0.0819. The molecule has 1 aliphatic carbocycles. The highest BCUT2D eigenvalue weighted by Crippen LogP contribution is 2.25. The van der Waals surface area contributed by atoms with Gasteiger partial charge in [-0.05, 0) is 56.4 Å². The maximum absolute atomic E-state index is 12.2. The van der Waals surface area contributed by atoms with Crippen LogP contribution in [0.25, 0.3) is 0 Å². The summed E-state index contributed by atoms with van der Waals surface area (Å²) >= 11 is 0. The van der Waals surface area contributed by atoms with Crippen LogP contribution in [-0.2, 0) is 9.53 Å². The Balaban J connectivity index is 0.00000225. The van der Waals surface area contributed by atoms with E-state index in [0.29, 0.717) is 24.5 Å². The normalized spacial score (nSPS) is 23.6. The van der Waals surface area contributed by atoms with Crippen LogP contribution in [0.5, 0.6) is 0 Å². The molecule has 2 atom stereocenters. The third kappa shape index (κ3) is 5.42. The van der Waals surface area contributed by atoms with E-state index in [0.717, 1.165) is 32.1 Å². The first-order chi connectivity index (χ1) is 11.6. The number of benzene rings is 1. The van der Waals surface area contributed by atoms with Gasteiger partial charge in [-0.25, -0.2) is 0 Å². The van der Waals surface area contributed by atoms with Gasteiger partial charge >= 0.3 is 0 Å². The fourth-order valence-corrected chi connectivity index (χ4v) is 3.31. The third-order valence-corrected chi connectivity index (χ3v) is 4.82. The summed E-state index contributed by atoms with van der Waals surface area (Å²) in [5.74, 6) is -0.0691. The van der Waals surface area contributed by atoms with Crippen LogP contribution in [-0.4, -0.2) is 37.1 Å². The van der Waals surface area contributed by atoms with Gasteiger partial charge in [0, 0.05) is 42.5 Å². The Labute approximate surface area is 154 Å². The molecule has 3 rings (SSSR count). The highest BCUT2D eigenvalue weighted by molar-refractivity contribution is 5.96. The van der Waals surface area contributed by atoms with Crippen LogP contribution in [0, 0.1) is 5.92 Å². The quantitative estimate of drug-likeness (QED) is 0.759. The summed E-state index contributed by atoms with van der Waals surface area (Å²) in [7, 11) is 0. The molecule has 1 aliphatic heterocycles. The van der Waals surface area contributed by atoms with Crippen LogP contribution in [0.1, 0.15) is 42.5 Å². The van der Waals surface area contributed by atoms with Crippen molar-refractivity contribution >= 4 is 29.9 Å². The first-order valence-corrected chi connectivity index (χ1v) is 8.67. The van der Waals surface area contributed by atoms with Crippen molar-refractivity contribution in [3.63, 3.8) is 0 Å². The topological polar surface area (TPSA) is 93.5 Å². The Morgan fingerprint density at radius 1 is 1.04 bits per heavy atom. The molecule has 25 heavy (non-hydrogen) atoms. The van der Waals surface area contributed by atoms with Gasteiger partial charge in [0.2, 0.25) is 5.91 Å². The number of ether oxygens (including phenoxy) is 1. The maximum atomic E-state index is 12.2. The number of carbonyl (C=O) groups is 2. The number of hydrogen-bond donors (Lipinski definition) is 3. The van der Waals surface area contributed by atoms with E-state index in [2.05, 4.69) is 10.6 Å². The number of hydrogen-bond acceptors (Lipinski definition) is 4. The van der Waals surface area contributed by atoms with Gasteiger partial charge in [0.1, 0.15) is 0 Å². The van der Waals surface area contributed by atoms with Crippen LogP contribution in [0.3, 0.4) is 0 Å². The number of halogens is 1. The smallest absolute Gasteiger partial charge is 0.251 e. The van der Waals surface area contributed by atoms with Crippen LogP contribution in [0.15, 0.2) is 24.3 Å². The number of amides is 2. The van der Waals surface area contributed by atoms with Gasteiger partial charge in [0.15, 0.2) is 0 Å². The number of nitrogens with two attached hydrogens (primary N) is 1. The summed E-state index contributed by atoms with van der Waals surface area (Å²) in [6, 6.07) is 7.33. The summed E-state index contributed by atoms with van der Waals surface area (Å²) in [5.41, 5.74) is 7.16. The summed E-state index contributed by atoms with van der Waals surface area (Å²) in [5, 5.41) is 5.93. The first-order valence-electron chi connectivity index (χ1n) is 8.67. The second-order valence-electron chi connectivity index (χ2n) is 6.70. The summed E-state index contributed by atoms with van der Waals surface area (Å²) < 4.78 is 5.29. The largest absolute Gasteiger partial charge is 0.381 e. The van der Waals surface area contributed by atoms with Gasteiger partial charge in [-0.15, -0.1) is 12.4 Å². The first kappa shape index (κ1) is 19.7. The molecule has 1 aromatic carbocycles. The molecule has 2 aliphatic rings. The lowest BCUT2D eigenvalue weighted by Gasteiger charge is -2.23. The van der Waals surface area contributed by atoms with E-state index in [-0.39, 0.29) is 42.2 Å². The number of carbonyl (C=O) groups excluding carboxylic acids is 2. The SMILES string of the molecule is Cl.NC1CCC(C(=O)Nc2ccc(C(=O)NC3CCOCC3)cc2)C1. The number of nitrogens with one attached hydrogen (secondary N) is 2. The van der Waals surface area contributed by atoms with Gasteiger partial charge < -0.3 is 21.1 Å². The third-order valence-electron chi connectivity index (χ3n) is 4.82. The molecule has 2 unspecified atom stereocenters. The lowest BCUT2D eigenvalue weighted by molar-refractivity contribution is -0.119. The van der Waals surface area contributed by atoms with E-state index < -0.39 is 0 Å². The van der Waals surface area contributed by atoms with Crippen molar-refractivity contribution < 1.29 is 14.3 Å². The highest BCUT2D eigenvalue weighted by atomic mass is 35.5. The molecule has 0 spiro atoms. The predicted octanol–water partition coefficient (Wildman–Crippen LogP) is 2.08.